The Bertz CT molecular complexity index is 491. The maximum absolute atomic E-state index is 11.2. The summed E-state index contributed by atoms with van der Waals surface area (Å²) in [6, 6.07) is 3.62. The number of carbonyl (C=O) groups excluding carboxylic acids is 1. The van der Waals surface area contributed by atoms with Crippen molar-refractivity contribution in [2.24, 2.45) is 0 Å². The van der Waals surface area contributed by atoms with Crippen molar-refractivity contribution in [3.8, 4) is 5.75 Å². The molecule has 0 amide bonds. The SMILES string of the molecule is COc1c(Br)cc(CCC[C@H](C(=O)[O-])[N+](C)(C)C)cc1I. The summed E-state index contributed by atoms with van der Waals surface area (Å²) >= 11 is 5.74. The molecule has 118 valence electrons. The minimum atomic E-state index is -0.979. The van der Waals surface area contributed by atoms with Crippen LogP contribution < -0.4 is 9.84 Å². The van der Waals surface area contributed by atoms with Crippen molar-refractivity contribution >= 4 is 44.5 Å². The smallest absolute Gasteiger partial charge is 0.146 e. The summed E-state index contributed by atoms with van der Waals surface area (Å²) in [6.45, 7) is 0. The maximum Gasteiger partial charge on any atom is 0.146 e. The molecule has 0 unspecified atom stereocenters. The highest BCUT2D eigenvalue weighted by atomic mass is 127. The average molecular weight is 470 g/mol. The molecule has 21 heavy (non-hydrogen) atoms. The lowest BCUT2D eigenvalue weighted by Crippen LogP contribution is -2.54. The number of nitrogens with zero attached hydrogens (tertiary/aromatic N) is 1. The predicted octanol–water partition coefficient (Wildman–Crippen LogP) is 2.21. The summed E-state index contributed by atoms with van der Waals surface area (Å²) in [5, 5.41) is 11.2. The van der Waals surface area contributed by atoms with Gasteiger partial charge in [0.15, 0.2) is 0 Å². The Balaban J connectivity index is 2.70. The highest BCUT2D eigenvalue weighted by Gasteiger charge is 2.24. The second-order valence-electron chi connectivity index (χ2n) is 5.94. The quantitative estimate of drug-likeness (QED) is 0.454. The molecule has 0 saturated carbocycles. The fourth-order valence-electron chi connectivity index (χ4n) is 2.27. The van der Waals surface area contributed by atoms with Crippen LogP contribution in [0.2, 0.25) is 0 Å². The number of methoxy groups -OCH3 is 1. The number of carboxylic acid groups (broad SMARTS) is 1. The first-order valence-electron chi connectivity index (χ1n) is 6.70. The highest BCUT2D eigenvalue weighted by Crippen LogP contribution is 2.32. The number of hydrogen-bond acceptors (Lipinski definition) is 3. The zero-order chi connectivity index (χ0) is 16.2. The molecule has 0 heterocycles. The van der Waals surface area contributed by atoms with Crippen LogP contribution in [-0.2, 0) is 11.2 Å². The van der Waals surface area contributed by atoms with Gasteiger partial charge in [0.25, 0.3) is 0 Å². The molecule has 1 aromatic carbocycles. The van der Waals surface area contributed by atoms with Gasteiger partial charge in [-0.15, -0.1) is 0 Å². The van der Waals surface area contributed by atoms with Gasteiger partial charge in [-0.05, 0) is 69.1 Å². The van der Waals surface area contributed by atoms with Crippen molar-refractivity contribution in [2.75, 3.05) is 28.3 Å². The molecule has 1 aromatic rings. The molecule has 6 heteroatoms. The van der Waals surface area contributed by atoms with Crippen LogP contribution in [0.5, 0.6) is 5.75 Å². The number of quaternary nitrogens is 1. The van der Waals surface area contributed by atoms with E-state index in [0.717, 1.165) is 26.6 Å². The van der Waals surface area contributed by atoms with Crippen molar-refractivity contribution in [3.63, 3.8) is 0 Å². The number of ether oxygens (including phenoxy) is 1. The van der Waals surface area contributed by atoms with Gasteiger partial charge in [0, 0.05) is 6.42 Å². The van der Waals surface area contributed by atoms with Crippen molar-refractivity contribution < 1.29 is 19.1 Å². The van der Waals surface area contributed by atoms with Gasteiger partial charge in [-0.25, -0.2) is 0 Å². The molecule has 0 aromatic heterocycles. The second kappa shape index (κ2) is 7.78. The summed E-state index contributed by atoms with van der Waals surface area (Å²) in [4.78, 5) is 11.2. The Labute approximate surface area is 148 Å². The monoisotopic (exact) mass is 469 g/mol. The third-order valence-corrected chi connectivity index (χ3v) is 4.80. The zero-order valence-corrected chi connectivity index (χ0v) is 16.5. The lowest BCUT2D eigenvalue weighted by molar-refractivity contribution is -0.889. The largest absolute Gasteiger partial charge is 0.544 e. The Morgan fingerprint density at radius 3 is 2.48 bits per heavy atom. The van der Waals surface area contributed by atoms with Crippen molar-refractivity contribution in [1.29, 1.82) is 0 Å². The summed E-state index contributed by atoms with van der Waals surface area (Å²) in [5.41, 5.74) is 1.17. The molecule has 0 aliphatic rings. The lowest BCUT2D eigenvalue weighted by Gasteiger charge is -2.34. The van der Waals surface area contributed by atoms with Crippen LogP contribution >= 0.6 is 38.5 Å². The van der Waals surface area contributed by atoms with Crippen LogP contribution in [0.15, 0.2) is 16.6 Å². The van der Waals surface area contributed by atoms with Gasteiger partial charge < -0.3 is 19.1 Å². The van der Waals surface area contributed by atoms with E-state index in [1.807, 2.05) is 27.2 Å². The van der Waals surface area contributed by atoms with Gasteiger partial charge >= 0.3 is 0 Å². The van der Waals surface area contributed by atoms with E-state index in [4.69, 9.17) is 4.74 Å². The average Bonchev–Trinajstić information content (AvgIpc) is 2.32. The minimum absolute atomic E-state index is 0.381. The van der Waals surface area contributed by atoms with Crippen molar-refractivity contribution in [1.82, 2.24) is 0 Å². The first-order chi connectivity index (χ1) is 9.66. The number of carboxylic acids is 1. The number of hydrogen-bond donors (Lipinski definition) is 0. The number of aryl methyl sites for hydroxylation is 1. The molecule has 0 fully saturated rings. The molecule has 0 saturated heterocycles. The highest BCUT2D eigenvalue weighted by molar-refractivity contribution is 14.1. The van der Waals surface area contributed by atoms with Gasteiger partial charge in [-0.1, -0.05) is 0 Å². The first-order valence-corrected chi connectivity index (χ1v) is 8.58. The van der Waals surface area contributed by atoms with Crippen LogP contribution in [-0.4, -0.2) is 44.7 Å². The van der Waals surface area contributed by atoms with Crippen LogP contribution in [0.1, 0.15) is 18.4 Å². The molecule has 0 bridgehead atoms. The topological polar surface area (TPSA) is 49.4 Å². The van der Waals surface area contributed by atoms with E-state index in [2.05, 4.69) is 44.6 Å². The number of aliphatic carboxylic acids is 1. The van der Waals surface area contributed by atoms with Crippen LogP contribution in [0.25, 0.3) is 0 Å². The Morgan fingerprint density at radius 1 is 1.43 bits per heavy atom. The number of halogens is 2. The fourth-order valence-corrected chi connectivity index (χ4v) is 4.22. The summed E-state index contributed by atoms with van der Waals surface area (Å²) in [7, 11) is 7.29. The number of carbonyl (C=O) groups is 1. The molecule has 0 aliphatic carbocycles. The number of likely N-dealkylation sites (N-methyl/N-ethyl adjacent to an activating group) is 1. The van der Waals surface area contributed by atoms with E-state index in [1.165, 1.54) is 5.56 Å². The third-order valence-electron chi connectivity index (χ3n) is 3.41. The number of benzene rings is 1. The molecule has 0 aliphatic heterocycles. The Morgan fingerprint density at radius 2 is 2.05 bits per heavy atom. The summed E-state index contributed by atoms with van der Waals surface area (Å²) < 4.78 is 7.66. The molecule has 0 N–H and O–H groups in total. The maximum atomic E-state index is 11.2. The molecule has 1 atom stereocenters. The molecule has 0 radical (unpaired) electrons. The van der Waals surface area contributed by atoms with Crippen molar-refractivity contribution in [3.05, 3.63) is 25.7 Å². The van der Waals surface area contributed by atoms with Gasteiger partial charge in [0.1, 0.15) is 11.8 Å². The summed E-state index contributed by atoms with van der Waals surface area (Å²) in [6.07, 6.45) is 2.25. The van der Waals surface area contributed by atoms with E-state index in [1.54, 1.807) is 7.11 Å². The second-order valence-corrected chi connectivity index (χ2v) is 7.95. The van der Waals surface area contributed by atoms with Crippen LogP contribution in [0.4, 0.5) is 0 Å². The van der Waals surface area contributed by atoms with E-state index >= 15 is 0 Å². The van der Waals surface area contributed by atoms with Crippen LogP contribution in [0, 0.1) is 3.57 Å². The molecule has 1 rings (SSSR count). The predicted molar refractivity (Wildman–Crippen MR) is 93.2 cm³/mol. The van der Waals surface area contributed by atoms with E-state index < -0.39 is 12.0 Å². The first kappa shape index (κ1) is 18.7. The Kier molecular flexibility index (Phi) is 6.93. The van der Waals surface area contributed by atoms with Gasteiger partial charge in [-0.3, -0.25) is 0 Å². The minimum Gasteiger partial charge on any atom is -0.544 e. The molecule has 0 spiro atoms. The standard InChI is InChI=1S/C15H21BrINO3/c1-18(2,3)13(15(19)20)7-5-6-10-8-11(16)14(21-4)12(17)9-10/h8-9,13H,5-7H2,1-4H3/t13-/m1/s1. The van der Waals surface area contributed by atoms with Gasteiger partial charge in [0.05, 0.1) is 42.3 Å². The Hall–Kier alpha value is -0.340. The van der Waals surface area contributed by atoms with E-state index in [9.17, 15) is 9.90 Å². The van der Waals surface area contributed by atoms with Gasteiger partial charge in [-0.2, -0.15) is 0 Å². The van der Waals surface area contributed by atoms with Crippen molar-refractivity contribution in [2.45, 2.75) is 25.3 Å². The lowest BCUT2D eigenvalue weighted by atomic mass is 10.0. The molecular weight excluding hydrogens is 449 g/mol. The van der Waals surface area contributed by atoms with Gasteiger partial charge in [0.2, 0.25) is 0 Å². The summed E-state index contributed by atoms with van der Waals surface area (Å²) in [5.74, 6) is -0.147. The third kappa shape index (κ3) is 5.41. The van der Waals surface area contributed by atoms with E-state index in [-0.39, 0.29) is 0 Å². The van der Waals surface area contributed by atoms with Crippen LogP contribution in [0.3, 0.4) is 0 Å². The zero-order valence-electron chi connectivity index (χ0n) is 12.8. The number of rotatable bonds is 7. The van der Waals surface area contributed by atoms with E-state index in [0.29, 0.717) is 10.9 Å². The molecule has 4 nitrogen and oxygen atoms in total. The molecular formula is C15H21BrINO3. The fraction of sp³-hybridized carbons (Fsp3) is 0.533. The normalized spacial score (nSPS) is 13.0.